The summed E-state index contributed by atoms with van der Waals surface area (Å²) >= 11 is 0. The molecule has 118 valence electrons. The monoisotopic (exact) mass is 302 g/mol. The van der Waals surface area contributed by atoms with Crippen LogP contribution >= 0.6 is 0 Å². The van der Waals surface area contributed by atoms with Crippen molar-refractivity contribution in [3.05, 3.63) is 46.2 Å². The molecule has 5 heteroatoms. The summed E-state index contributed by atoms with van der Waals surface area (Å²) in [4.78, 5) is 12.6. The maximum Gasteiger partial charge on any atom is 0.255 e. The van der Waals surface area contributed by atoms with E-state index in [2.05, 4.69) is 0 Å². The summed E-state index contributed by atoms with van der Waals surface area (Å²) in [5.41, 5.74) is 7.84. The van der Waals surface area contributed by atoms with Crippen LogP contribution in [0.5, 0.6) is 11.5 Å². The van der Waals surface area contributed by atoms with Crippen LogP contribution in [0.15, 0.2) is 35.1 Å². The molecule has 0 saturated heterocycles. The first-order valence-corrected chi connectivity index (χ1v) is 7.20. The summed E-state index contributed by atoms with van der Waals surface area (Å²) in [6, 6.07) is 9.26. The lowest BCUT2D eigenvalue weighted by Gasteiger charge is -2.19. The van der Waals surface area contributed by atoms with Crippen molar-refractivity contribution in [2.24, 2.45) is 5.73 Å². The second kappa shape index (κ2) is 6.66. The minimum atomic E-state index is -0.0622. The van der Waals surface area contributed by atoms with E-state index in [4.69, 9.17) is 15.2 Å². The summed E-state index contributed by atoms with van der Waals surface area (Å²) in [5, 5.41) is 0. The molecule has 0 aliphatic heterocycles. The second-order valence-electron chi connectivity index (χ2n) is 5.28. The van der Waals surface area contributed by atoms with Crippen molar-refractivity contribution < 1.29 is 9.47 Å². The molecule has 2 N–H and O–H groups in total. The van der Waals surface area contributed by atoms with E-state index in [1.807, 2.05) is 32.0 Å². The van der Waals surface area contributed by atoms with Crippen molar-refractivity contribution in [1.29, 1.82) is 0 Å². The van der Waals surface area contributed by atoms with Crippen LogP contribution < -0.4 is 20.8 Å². The molecule has 0 aliphatic rings. The number of nitrogens with two attached hydrogens (primary N) is 1. The zero-order chi connectivity index (χ0) is 16.3. The van der Waals surface area contributed by atoms with Gasteiger partial charge in [0, 0.05) is 29.8 Å². The SMILES string of the molecule is COc1ccc(-c2ccc(CN)c(=O)n2C(C)C)c(OC)c1. The predicted molar refractivity (Wildman–Crippen MR) is 87.5 cm³/mol. The molecule has 1 aromatic heterocycles. The number of nitrogens with zero attached hydrogens (tertiary/aromatic N) is 1. The minimum Gasteiger partial charge on any atom is -0.497 e. The van der Waals surface area contributed by atoms with E-state index in [9.17, 15) is 4.79 Å². The number of methoxy groups -OCH3 is 2. The average molecular weight is 302 g/mol. The van der Waals surface area contributed by atoms with Crippen molar-refractivity contribution in [3.63, 3.8) is 0 Å². The maximum atomic E-state index is 12.6. The van der Waals surface area contributed by atoms with E-state index < -0.39 is 0 Å². The fourth-order valence-electron chi connectivity index (χ4n) is 2.49. The molecule has 1 heterocycles. The van der Waals surface area contributed by atoms with Gasteiger partial charge in [-0.3, -0.25) is 4.79 Å². The lowest BCUT2D eigenvalue weighted by Crippen LogP contribution is -2.28. The second-order valence-corrected chi connectivity index (χ2v) is 5.28. The quantitative estimate of drug-likeness (QED) is 0.922. The Morgan fingerprint density at radius 2 is 1.86 bits per heavy atom. The Hall–Kier alpha value is -2.27. The number of hydrogen-bond acceptors (Lipinski definition) is 4. The molecule has 2 aromatic rings. The van der Waals surface area contributed by atoms with Crippen LogP contribution in [-0.4, -0.2) is 18.8 Å². The van der Waals surface area contributed by atoms with Crippen molar-refractivity contribution in [2.75, 3.05) is 14.2 Å². The summed E-state index contributed by atoms with van der Waals surface area (Å²) in [6.45, 7) is 4.17. The van der Waals surface area contributed by atoms with Gasteiger partial charge in [-0.15, -0.1) is 0 Å². The smallest absolute Gasteiger partial charge is 0.255 e. The number of rotatable bonds is 5. The highest BCUT2D eigenvalue weighted by Crippen LogP contribution is 2.33. The average Bonchev–Trinajstić information content (AvgIpc) is 2.53. The normalized spacial score (nSPS) is 10.8. The van der Waals surface area contributed by atoms with Crippen LogP contribution in [-0.2, 0) is 6.54 Å². The summed E-state index contributed by atoms with van der Waals surface area (Å²) < 4.78 is 12.4. The van der Waals surface area contributed by atoms with Crippen LogP contribution in [0.25, 0.3) is 11.3 Å². The third kappa shape index (κ3) is 2.85. The van der Waals surface area contributed by atoms with Gasteiger partial charge in [-0.1, -0.05) is 6.07 Å². The molecule has 22 heavy (non-hydrogen) atoms. The minimum absolute atomic E-state index is 0.0146. The van der Waals surface area contributed by atoms with E-state index in [1.165, 1.54) is 0 Å². The van der Waals surface area contributed by atoms with E-state index in [0.29, 0.717) is 17.1 Å². The standard InChI is InChI=1S/C17H22N2O3/c1-11(2)19-15(8-5-12(10-18)17(19)20)14-7-6-13(21-3)9-16(14)22-4/h5-9,11H,10,18H2,1-4H3. The molecule has 0 aliphatic carbocycles. The fraction of sp³-hybridized carbons (Fsp3) is 0.353. The van der Waals surface area contributed by atoms with Gasteiger partial charge in [0.25, 0.3) is 5.56 Å². The van der Waals surface area contributed by atoms with E-state index in [-0.39, 0.29) is 18.1 Å². The topological polar surface area (TPSA) is 66.5 Å². The highest BCUT2D eigenvalue weighted by molar-refractivity contribution is 5.69. The van der Waals surface area contributed by atoms with Gasteiger partial charge in [0.1, 0.15) is 11.5 Å². The Balaban J connectivity index is 2.72. The lowest BCUT2D eigenvalue weighted by atomic mass is 10.1. The molecular weight excluding hydrogens is 280 g/mol. The zero-order valence-electron chi connectivity index (χ0n) is 13.4. The largest absolute Gasteiger partial charge is 0.497 e. The summed E-state index contributed by atoms with van der Waals surface area (Å²) in [7, 11) is 3.21. The van der Waals surface area contributed by atoms with Crippen molar-refractivity contribution in [1.82, 2.24) is 4.57 Å². The Labute approximate surface area is 130 Å². The Morgan fingerprint density at radius 3 is 2.41 bits per heavy atom. The van der Waals surface area contributed by atoms with Crippen molar-refractivity contribution >= 4 is 0 Å². The molecule has 0 saturated carbocycles. The Morgan fingerprint density at radius 1 is 1.14 bits per heavy atom. The first kappa shape index (κ1) is 16.1. The molecule has 0 amide bonds. The first-order valence-electron chi connectivity index (χ1n) is 7.20. The number of hydrogen-bond donors (Lipinski definition) is 1. The van der Waals surface area contributed by atoms with Crippen LogP contribution in [0.4, 0.5) is 0 Å². The molecule has 5 nitrogen and oxygen atoms in total. The van der Waals surface area contributed by atoms with Gasteiger partial charge in [-0.05, 0) is 32.0 Å². The van der Waals surface area contributed by atoms with Gasteiger partial charge >= 0.3 is 0 Å². The summed E-state index contributed by atoms with van der Waals surface area (Å²) in [5.74, 6) is 1.37. The molecule has 0 bridgehead atoms. The number of aromatic nitrogens is 1. The van der Waals surface area contributed by atoms with Crippen LogP contribution in [0.3, 0.4) is 0 Å². The van der Waals surface area contributed by atoms with E-state index in [0.717, 1.165) is 11.3 Å². The third-order valence-corrected chi connectivity index (χ3v) is 3.62. The van der Waals surface area contributed by atoms with Crippen LogP contribution in [0.1, 0.15) is 25.5 Å². The van der Waals surface area contributed by atoms with Crippen LogP contribution in [0.2, 0.25) is 0 Å². The molecular formula is C17H22N2O3. The highest BCUT2D eigenvalue weighted by Gasteiger charge is 2.16. The van der Waals surface area contributed by atoms with Crippen molar-refractivity contribution in [3.8, 4) is 22.8 Å². The molecule has 2 rings (SSSR count). The van der Waals surface area contributed by atoms with Gasteiger partial charge in [0.15, 0.2) is 0 Å². The zero-order valence-corrected chi connectivity index (χ0v) is 13.4. The number of benzene rings is 1. The molecule has 0 atom stereocenters. The third-order valence-electron chi connectivity index (χ3n) is 3.62. The summed E-state index contributed by atoms with van der Waals surface area (Å²) in [6.07, 6.45) is 0. The Bertz CT molecular complexity index is 720. The van der Waals surface area contributed by atoms with Gasteiger partial charge in [-0.25, -0.2) is 0 Å². The van der Waals surface area contributed by atoms with E-state index >= 15 is 0 Å². The van der Waals surface area contributed by atoms with Gasteiger partial charge < -0.3 is 19.8 Å². The maximum absolute atomic E-state index is 12.6. The lowest BCUT2D eigenvalue weighted by molar-refractivity contribution is 0.395. The van der Waals surface area contributed by atoms with Crippen molar-refractivity contribution in [2.45, 2.75) is 26.4 Å². The molecule has 0 fully saturated rings. The fourth-order valence-corrected chi connectivity index (χ4v) is 2.49. The predicted octanol–water partition coefficient (Wildman–Crippen LogP) is 2.57. The first-order chi connectivity index (χ1) is 10.5. The molecule has 0 spiro atoms. The number of ether oxygens (including phenoxy) is 2. The molecule has 1 aromatic carbocycles. The van der Waals surface area contributed by atoms with Gasteiger partial charge in [-0.2, -0.15) is 0 Å². The molecule has 0 radical (unpaired) electrons. The van der Waals surface area contributed by atoms with E-state index in [1.54, 1.807) is 30.9 Å². The van der Waals surface area contributed by atoms with Gasteiger partial charge in [0.2, 0.25) is 0 Å². The van der Waals surface area contributed by atoms with Crippen LogP contribution in [0, 0.1) is 0 Å². The number of pyridine rings is 1. The Kier molecular flexibility index (Phi) is 4.88. The molecule has 0 unspecified atom stereocenters. The van der Waals surface area contributed by atoms with Gasteiger partial charge in [0.05, 0.1) is 19.9 Å². The highest BCUT2D eigenvalue weighted by atomic mass is 16.5.